The van der Waals surface area contributed by atoms with Crippen LogP contribution in [-0.2, 0) is 12.0 Å². The quantitative estimate of drug-likeness (QED) is 0.841. The summed E-state index contributed by atoms with van der Waals surface area (Å²) in [6.07, 6.45) is 5.75. The standard InChI is InChI=1S/C25H27NO3/c27-23-14-13-18-19(23)9-6-10-20(18)24(28)26-16-15-25(29,17-7-2-1-3-8-17)21-11-4-5-12-22(21)26/h1-3,6-10,21-22,29H,4-5,11-16H2/t21-,22+,25+/m0/s1. The minimum absolute atomic E-state index is 0.0311. The van der Waals surface area contributed by atoms with Crippen LogP contribution in [0.25, 0.3) is 0 Å². The Balaban J connectivity index is 1.49. The van der Waals surface area contributed by atoms with Crippen LogP contribution in [0.15, 0.2) is 48.5 Å². The molecule has 0 bridgehead atoms. The number of piperidine rings is 1. The summed E-state index contributed by atoms with van der Waals surface area (Å²) >= 11 is 0. The van der Waals surface area contributed by atoms with Gasteiger partial charge in [0.2, 0.25) is 0 Å². The summed E-state index contributed by atoms with van der Waals surface area (Å²) in [5.74, 6) is 0.223. The predicted octanol–water partition coefficient (Wildman–Crippen LogP) is 4.11. The molecule has 2 aromatic rings. The molecule has 4 nitrogen and oxygen atoms in total. The van der Waals surface area contributed by atoms with Gasteiger partial charge in [0.05, 0.1) is 5.60 Å². The molecule has 4 heteroatoms. The number of hydrogen-bond donors (Lipinski definition) is 1. The Morgan fingerprint density at radius 3 is 2.62 bits per heavy atom. The molecule has 0 spiro atoms. The molecule has 2 aliphatic carbocycles. The fourth-order valence-corrected chi connectivity index (χ4v) is 5.87. The highest BCUT2D eigenvalue weighted by atomic mass is 16.3. The highest BCUT2D eigenvalue weighted by Crippen LogP contribution is 2.47. The van der Waals surface area contributed by atoms with Gasteiger partial charge < -0.3 is 10.0 Å². The van der Waals surface area contributed by atoms with Crippen molar-refractivity contribution in [2.75, 3.05) is 6.54 Å². The van der Waals surface area contributed by atoms with Crippen LogP contribution in [0.3, 0.4) is 0 Å². The number of hydrogen-bond acceptors (Lipinski definition) is 3. The number of carbonyl (C=O) groups excluding carboxylic acids is 2. The Bertz CT molecular complexity index is 954. The fourth-order valence-electron chi connectivity index (χ4n) is 5.87. The van der Waals surface area contributed by atoms with Crippen LogP contribution >= 0.6 is 0 Å². The van der Waals surface area contributed by atoms with E-state index >= 15 is 0 Å². The van der Waals surface area contributed by atoms with E-state index in [0.717, 1.165) is 36.8 Å². The first-order valence-electron chi connectivity index (χ1n) is 10.8. The number of benzene rings is 2. The summed E-state index contributed by atoms with van der Waals surface area (Å²) in [6, 6.07) is 15.5. The van der Waals surface area contributed by atoms with Crippen LogP contribution in [-0.4, -0.2) is 34.3 Å². The highest BCUT2D eigenvalue weighted by molar-refractivity contribution is 6.05. The molecule has 1 N–H and O–H groups in total. The zero-order valence-electron chi connectivity index (χ0n) is 16.6. The second kappa shape index (κ2) is 7.10. The van der Waals surface area contributed by atoms with Gasteiger partial charge in [-0.15, -0.1) is 0 Å². The molecule has 3 aliphatic rings. The van der Waals surface area contributed by atoms with Crippen LogP contribution in [0.2, 0.25) is 0 Å². The maximum Gasteiger partial charge on any atom is 0.254 e. The Morgan fingerprint density at radius 2 is 1.79 bits per heavy atom. The molecular weight excluding hydrogens is 362 g/mol. The Kier molecular flexibility index (Phi) is 4.54. The zero-order valence-corrected chi connectivity index (χ0v) is 16.6. The average molecular weight is 389 g/mol. The van der Waals surface area contributed by atoms with Crippen molar-refractivity contribution in [1.29, 1.82) is 0 Å². The minimum Gasteiger partial charge on any atom is -0.385 e. The Morgan fingerprint density at radius 1 is 1.00 bits per heavy atom. The van der Waals surface area contributed by atoms with Crippen molar-refractivity contribution in [3.05, 3.63) is 70.8 Å². The van der Waals surface area contributed by atoms with Gasteiger partial charge in [-0.05, 0) is 42.9 Å². The van der Waals surface area contributed by atoms with Crippen LogP contribution in [0, 0.1) is 5.92 Å². The third-order valence-corrected chi connectivity index (χ3v) is 7.32. The van der Waals surface area contributed by atoms with E-state index in [1.165, 1.54) is 0 Å². The van der Waals surface area contributed by atoms with Crippen LogP contribution in [0.4, 0.5) is 0 Å². The number of nitrogens with zero attached hydrogens (tertiary/aromatic N) is 1. The van der Waals surface area contributed by atoms with Crippen molar-refractivity contribution in [2.45, 2.75) is 56.6 Å². The molecule has 2 aromatic carbocycles. The van der Waals surface area contributed by atoms with E-state index in [-0.39, 0.29) is 23.7 Å². The van der Waals surface area contributed by atoms with Crippen molar-refractivity contribution in [1.82, 2.24) is 4.90 Å². The van der Waals surface area contributed by atoms with Crippen LogP contribution in [0.5, 0.6) is 0 Å². The number of fused-ring (bicyclic) bond motifs is 2. The van der Waals surface area contributed by atoms with Crippen molar-refractivity contribution in [3.63, 3.8) is 0 Å². The van der Waals surface area contributed by atoms with Gasteiger partial charge in [-0.3, -0.25) is 9.59 Å². The molecule has 0 aromatic heterocycles. The fraction of sp³-hybridized carbons (Fsp3) is 0.440. The van der Waals surface area contributed by atoms with Gasteiger partial charge in [-0.2, -0.15) is 0 Å². The van der Waals surface area contributed by atoms with E-state index < -0.39 is 5.60 Å². The average Bonchev–Trinajstić information content (AvgIpc) is 3.15. The molecule has 2 fully saturated rings. The smallest absolute Gasteiger partial charge is 0.254 e. The summed E-state index contributed by atoms with van der Waals surface area (Å²) in [6.45, 7) is 0.545. The number of aliphatic hydroxyl groups is 1. The first-order chi connectivity index (χ1) is 14.1. The van der Waals surface area contributed by atoms with E-state index in [1.807, 2.05) is 53.4 Å². The lowest BCUT2D eigenvalue weighted by Crippen LogP contribution is -2.59. The normalized spacial score (nSPS) is 28.7. The molecule has 1 saturated carbocycles. The number of Topliss-reactive ketones (excluding diaryl/α,β-unsaturated/α-hetero) is 1. The molecule has 29 heavy (non-hydrogen) atoms. The molecule has 1 aliphatic heterocycles. The second-order valence-electron chi connectivity index (χ2n) is 8.75. The second-order valence-corrected chi connectivity index (χ2v) is 8.75. The third kappa shape index (κ3) is 2.93. The molecule has 1 amide bonds. The van der Waals surface area contributed by atoms with Crippen molar-refractivity contribution in [2.24, 2.45) is 5.92 Å². The number of carbonyl (C=O) groups is 2. The van der Waals surface area contributed by atoms with Gasteiger partial charge in [0, 0.05) is 36.1 Å². The number of likely N-dealkylation sites (tertiary alicyclic amines) is 1. The van der Waals surface area contributed by atoms with E-state index in [1.54, 1.807) is 0 Å². The molecule has 0 unspecified atom stereocenters. The van der Waals surface area contributed by atoms with Gasteiger partial charge >= 0.3 is 0 Å². The number of ketones is 1. The zero-order chi connectivity index (χ0) is 20.0. The maximum atomic E-state index is 13.6. The molecule has 0 radical (unpaired) electrons. The topological polar surface area (TPSA) is 57.6 Å². The van der Waals surface area contributed by atoms with Crippen LogP contribution in [0.1, 0.15) is 70.4 Å². The first kappa shape index (κ1) is 18.6. The van der Waals surface area contributed by atoms with Crippen molar-refractivity contribution in [3.8, 4) is 0 Å². The molecule has 5 rings (SSSR count). The third-order valence-electron chi connectivity index (χ3n) is 7.32. The van der Waals surface area contributed by atoms with Crippen molar-refractivity contribution < 1.29 is 14.7 Å². The maximum absolute atomic E-state index is 13.6. The van der Waals surface area contributed by atoms with Gasteiger partial charge in [0.25, 0.3) is 5.91 Å². The largest absolute Gasteiger partial charge is 0.385 e. The lowest BCUT2D eigenvalue weighted by Gasteiger charge is -2.52. The van der Waals surface area contributed by atoms with E-state index in [0.29, 0.717) is 36.9 Å². The lowest BCUT2D eigenvalue weighted by molar-refractivity contribution is -0.110. The Hall–Kier alpha value is -2.46. The molecule has 150 valence electrons. The van der Waals surface area contributed by atoms with Gasteiger partial charge in [0.1, 0.15) is 0 Å². The summed E-state index contributed by atoms with van der Waals surface area (Å²) in [7, 11) is 0. The lowest BCUT2D eigenvalue weighted by atomic mass is 9.66. The Labute approximate surface area is 171 Å². The molecule has 1 saturated heterocycles. The summed E-state index contributed by atoms with van der Waals surface area (Å²) in [4.78, 5) is 27.7. The summed E-state index contributed by atoms with van der Waals surface area (Å²) in [5.41, 5.74) is 2.41. The van der Waals surface area contributed by atoms with E-state index in [4.69, 9.17) is 0 Å². The predicted molar refractivity (Wildman–Crippen MR) is 111 cm³/mol. The summed E-state index contributed by atoms with van der Waals surface area (Å²) in [5, 5.41) is 11.7. The van der Waals surface area contributed by atoms with Crippen molar-refractivity contribution >= 4 is 11.7 Å². The molecular formula is C25H27NO3. The van der Waals surface area contributed by atoms with Crippen LogP contribution < -0.4 is 0 Å². The highest BCUT2D eigenvalue weighted by Gasteiger charge is 2.50. The van der Waals surface area contributed by atoms with Gasteiger partial charge in [-0.1, -0.05) is 55.3 Å². The van der Waals surface area contributed by atoms with Gasteiger partial charge in [-0.25, -0.2) is 0 Å². The molecule has 3 atom stereocenters. The minimum atomic E-state index is -0.877. The molecule has 1 heterocycles. The first-order valence-corrected chi connectivity index (χ1v) is 10.8. The SMILES string of the molecule is O=C1CCc2c1cccc2C(=O)N1CC[C@@](O)(c2ccccc2)[C@H]2CCCC[C@H]21. The van der Waals surface area contributed by atoms with E-state index in [9.17, 15) is 14.7 Å². The number of amides is 1. The van der Waals surface area contributed by atoms with Gasteiger partial charge in [0.15, 0.2) is 5.78 Å². The number of rotatable bonds is 2. The summed E-state index contributed by atoms with van der Waals surface area (Å²) < 4.78 is 0. The monoisotopic (exact) mass is 389 g/mol. The van der Waals surface area contributed by atoms with E-state index in [2.05, 4.69) is 0 Å².